The van der Waals surface area contributed by atoms with Crippen LogP contribution in [0.1, 0.15) is 25.0 Å². The fourth-order valence-electron chi connectivity index (χ4n) is 2.65. The van der Waals surface area contributed by atoms with Crippen LogP contribution in [-0.2, 0) is 4.74 Å². The molecule has 1 atom stereocenters. The van der Waals surface area contributed by atoms with Gasteiger partial charge in [0.1, 0.15) is 0 Å². The predicted molar refractivity (Wildman–Crippen MR) is 78.6 cm³/mol. The molecular formula is C16H20N2O. The molecule has 2 heterocycles. The Morgan fingerprint density at radius 1 is 1.32 bits per heavy atom. The molecule has 0 saturated carbocycles. The van der Waals surface area contributed by atoms with Gasteiger partial charge in [0.2, 0.25) is 0 Å². The van der Waals surface area contributed by atoms with E-state index >= 15 is 0 Å². The second-order valence-corrected chi connectivity index (χ2v) is 5.20. The molecule has 1 aliphatic rings. The number of aromatic nitrogens is 1. The molecule has 1 aromatic heterocycles. The lowest BCUT2D eigenvalue weighted by Crippen LogP contribution is -2.27. The summed E-state index contributed by atoms with van der Waals surface area (Å²) in [5.74, 6) is 0. The summed E-state index contributed by atoms with van der Waals surface area (Å²) in [6.07, 6.45) is 3.99. The normalized spacial score (nSPS) is 19.5. The summed E-state index contributed by atoms with van der Waals surface area (Å²) >= 11 is 0. The Morgan fingerprint density at radius 2 is 2.21 bits per heavy atom. The van der Waals surface area contributed by atoms with Crippen LogP contribution in [0.25, 0.3) is 10.9 Å². The summed E-state index contributed by atoms with van der Waals surface area (Å²) in [6.45, 7) is 3.82. The molecule has 1 aromatic carbocycles. The maximum atomic E-state index is 5.76. The molecule has 3 heteroatoms. The first kappa shape index (κ1) is 12.4. The van der Waals surface area contributed by atoms with E-state index in [0.717, 1.165) is 36.5 Å². The number of fused-ring (bicyclic) bond motifs is 1. The molecule has 3 rings (SSSR count). The van der Waals surface area contributed by atoms with Crippen molar-refractivity contribution >= 4 is 16.6 Å². The average molecular weight is 256 g/mol. The highest BCUT2D eigenvalue weighted by Gasteiger charge is 2.14. The lowest BCUT2D eigenvalue weighted by Gasteiger charge is -2.23. The van der Waals surface area contributed by atoms with Crippen LogP contribution in [0.2, 0.25) is 0 Å². The van der Waals surface area contributed by atoms with Gasteiger partial charge in [-0.05, 0) is 38.3 Å². The van der Waals surface area contributed by atoms with Crippen molar-refractivity contribution in [2.75, 3.05) is 18.5 Å². The maximum absolute atomic E-state index is 5.76. The molecule has 0 amide bonds. The van der Waals surface area contributed by atoms with E-state index < -0.39 is 0 Å². The Hall–Kier alpha value is -1.61. The summed E-state index contributed by atoms with van der Waals surface area (Å²) in [7, 11) is 0. The van der Waals surface area contributed by atoms with Crippen LogP contribution in [0.4, 0.5) is 5.69 Å². The van der Waals surface area contributed by atoms with Gasteiger partial charge < -0.3 is 10.1 Å². The van der Waals surface area contributed by atoms with E-state index in [9.17, 15) is 0 Å². The van der Waals surface area contributed by atoms with Crippen LogP contribution in [0, 0.1) is 6.92 Å². The number of hydrogen-bond donors (Lipinski definition) is 1. The first-order valence-corrected chi connectivity index (χ1v) is 7.05. The zero-order valence-corrected chi connectivity index (χ0v) is 11.4. The quantitative estimate of drug-likeness (QED) is 0.912. The van der Waals surface area contributed by atoms with Gasteiger partial charge in [0.25, 0.3) is 0 Å². The van der Waals surface area contributed by atoms with Crippen molar-refractivity contribution in [3.8, 4) is 0 Å². The molecule has 1 unspecified atom stereocenters. The van der Waals surface area contributed by atoms with Crippen LogP contribution in [0.3, 0.4) is 0 Å². The third-order valence-corrected chi connectivity index (χ3v) is 3.64. The minimum absolute atomic E-state index is 0.348. The molecule has 0 radical (unpaired) electrons. The van der Waals surface area contributed by atoms with Gasteiger partial charge in [-0.2, -0.15) is 0 Å². The van der Waals surface area contributed by atoms with Crippen LogP contribution >= 0.6 is 0 Å². The summed E-state index contributed by atoms with van der Waals surface area (Å²) in [6, 6.07) is 10.4. The Morgan fingerprint density at radius 3 is 3.05 bits per heavy atom. The Labute approximate surface area is 114 Å². The third-order valence-electron chi connectivity index (χ3n) is 3.64. The standard InChI is InChI=1S/C16H20N2O/c1-12-10-16(14-7-2-3-8-15(14)18-12)17-11-13-6-4-5-9-19-13/h2-3,7-8,10,13H,4-6,9,11H2,1H3,(H,17,18). The van der Waals surface area contributed by atoms with E-state index in [1.165, 1.54) is 18.2 Å². The summed E-state index contributed by atoms with van der Waals surface area (Å²) in [4.78, 5) is 4.56. The highest BCUT2D eigenvalue weighted by atomic mass is 16.5. The molecule has 1 N–H and O–H groups in total. The van der Waals surface area contributed by atoms with Gasteiger partial charge in [0.05, 0.1) is 11.6 Å². The monoisotopic (exact) mass is 256 g/mol. The molecule has 3 nitrogen and oxygen atoms in total. The smallest absolute Gasteiger partial charge is 0.0747 e. The molecule has 0 bridgehead atoms. The number of anilines is 1. The number of rotatable bonds is 3. The van der Waals surface area contributed by atoms with Gasteiger partial charge in [0, 0.05) is 29.9 Å². The van der Waals surface area contributed by atoms with E-state index in [0.29, 0.717) is 6.10 Å². The van der Waals surface area contributed by atoms with Gasteiger partial charge in [-0.25, -0.2) is 0 Å². The Bertz CT molecular complexity index is 562. The van der Waals surface area contributed by atoms with E-state index in [4.69, 9.17) is 4.74 Å². The first-order valence-electron chi connectivity index (χ1n) is 7.05. The fraction of sp³-hybridized carbons (Fsp3) is 0.438. The summed E-state index contributed by atoms with van der Waals surface area (Å²) in [5.41, 5.74) is 3.26. The van der Waals surface area contributed by atoms with Gasteiger partial charge in [-0.3, -0.25) is 4.98 Å². The second-order valence-electron chi connectivity index (χ2n) is 5.20. The van der Waals surface area contributed by atoms with Crippen LogP contribution in [-0.4, -0.2) is 24.2 Å². The molecule has 0 spiro atoms. The minimum Gasteiger partial charge on any atom is -0.382 e. The molecular weight excluding hydrogens is 236 g/mol. The topological polar surface area (TPSA) is 34.1 Å². The molecule has 0 aliphatic carbocycles. The van der Waals surface area contributed by atoms with E-state index in [1.807, 2.05) is 13.0 Å². The molecule has 1 saturated heterocycles. The van der Waals surface area contributed by atoms with Gasteiger partial charge in [0.15, 0.2) is 0 Å². The number of ether oxygens (including phenoxy) is 1. The second kappa shape index (κ2) is 5.57. The Balaban J connectivity index is 1.79. The number of nitrogens with zero attached hydrogens (tertiary/aromatic N) is 1. The lowest BCUT2D eigenvalue weighted by atomic mass is 10.1. The summed E-state index contributed by atoms with van der Waals surface area (Å²) < 4.78 is 5.76. The number of hydrogen-bond acceptors (Lipinski definition) is 3. The van der Waals surface area contributed by atoms with Gasteiger partial charge in [-0.1, -0.05) is 18.2 Å². The van der Waals surface area contributed by atoms with E-state index in [1.54, 1.807) is 0 Å². The molecule has 1 aliphatic heterocycles. The third kappa shape index (κ3) is 2.87. The van der Waals surface area contributed by atoms with Crippen molar-refractivity contribution in [1.29, 1.82) is 0 Å². The van der Waals surface area contributed by atoms with Crippen molar-refractivity contribution in [2.45, 2.75) is 32.3 Å². The number of nitrogens with one attached hydrogen (secondary N) is 1. The van der Waals surface area contributed by atoms with E-state index in [-0.39, 0.29) is 0 Å². The largest absolute Gasteiger partial charge is 0.382 e. The highest BCUT2D eigenvalue weighted by Crippen LogP contribution is 2.23. The lowest BCUT2D eigenvalue weighted by molar-refractivity contribution is 0.0248. The molecule has 2 aromatic rings. The van der Waals surface area contributed by atoms with Crippen LogP contribution in [0.5, 0.6) is 0 Å². The number of para-hydroxylation sites is 1. The van der Waals surface area contributed by atoms with Crippen molar-refractivity contribution in [1.82, 2.24) is 4.98 Å². The van der Waals surface area contributed by atoms with Crippen LogP contribution in [0.15, 0.2) is 30.3 Å². The van der Waals surface area contributed by atoms with Crippen molar-refractivity contribution in [2.24, 2.45) is 0 Å². The van der Waals surface area contributed by atoms with Gasteiger partial charge in [-0.15, -0.1) is 0 Å². The average Bonchev–Trinajstić information content (AvgIpc) is 2.45. The number of aryl methyl sites for hydroxylation is 1. The van der Waals surface area contributed by atoms with Crippen molar-refractivity contribution in [3.63, 3.8) is 0 Å². The summed E-state index contributed by atoms with van der Waals surface area (Å²) in [5, 5.41) is 4.72. The zero-order chi connectivity index (χ0) is 13.1. The fourth-order valence-corrected chi connectivity index (χ4v) is 2.65. The SMILES string of the molecule is Cc1cc(NCC2CCCCO2)c2ccccc2n1. The van der Waals surface area contributed by atoms with Crippen molar-refractivity contribution in [3.05, 3.63) is 36.0 Å². The maximum Gasteiger partial charge on any atom is 0.0747 e. The van der Waals surface area contributed by atoms with Crippen LogP contribution < -0.4 is 5.32 Å². The predicted octanol–water partition coefficient (Wildman–Crippen LogP) is 3.52. The molecule has 100 valence electrons. The molecule has 19 heavy (non-hydrogen) atoms. The Kier molecular flexibility index (Phi) is 3.65. The molecule has 1 fully saturated rings. The minimum atomic E-state index is 0.348. The highest BCUT2D eigenvalue weighted by molar-refractivity contribution is 5.91. The first-order chi connectivity index (χ1) is 9.33. The van der Waals surface area contributed by atoms with Gasteiger partial charge >= 0.3 is 0 Å². The van der Waals surface area contributed by atoms with Crippen molar-refractivity contribution < 1.29 is 4.74 Å². The number of pyridine rings is 1. The van der Waals surface area contributed by atoms with E-state index in [2.05, 4.69) is 34.6 Å². The number of benzene rings is 1. The zero-order valence-electron chi connectivity index (χ0n) is 11.4.